The van der Waals surface area contributed by atoms with Gasteiger partial charge in [0.25, 0.3) is 0 Å². The molecule has 1 unspecified atom stereocenters. The van der Waals surface area contributed by atoms with Crippen LogP contribution in [0, 0.1) is 11.3 Å². The summed E-state index contributed by atoms with van der Waals surface area (Å²) < 4.78 is 0. The Hall–Kier alpha value is 0.0649. The summed E-state index contributed by atoms with van der Waals surface area (Å²) in [7, 11) is 2.34. The number of rotatable bonds is 2. The Morgan fingerprint density at radius 1 is 1.09 bits per heavy atom. The fourth-order valence-corrected chi connectivity index (χ4v) is 2.52. The zero-order valence-corrected chi connectivity index (χ0v) is 9.28. The van der Waals surface area contributed by atoms with E-state index in [4.69, 9.17) is 0 Å². The van der Waals surface area contributed by atoms with Crippen LogP contribution in [0.4, 0.5) is 0 Å². The molecule has 0 rings (SSSR count). The van der Waals surface area contributed by atoms with Gasteiger partial charge in [-0.3, -0.25) is 0 Å². The van der Waals surface area contributed by atoms with Crippen molar-refractivity contribution in [3.8, 4) is 0 Å². The number of hydrogen-bond donors (Lipinski definition) is 0. The molecule has 0 aromatic carbocycles. The predicted molar refractivity (Wildman–Crippen MR) is 55.8 cm³/mol. The molecule has 66 valence electrons. The maximum absolute atomic E-state index is 2.34. The smallest absolute Gasteiger partial charge is 0.0669 e. The molecule has 0 radical (unpaired) electrons. The first kappa shape index (κ1) is 11.1. The van der Waals surface area contributed by atoms with Crippen molar-refractivity contribution < 1.29 is 0 Å². The van der Waals surface area contributed by atoms with Crippen molar-refractivity contribution in [1.29, 1.82) is 0 Å². The second-order valence-electron chi connectivity index (χ2n) is 5.69. The lowest BCUT2D eigenvalue weighted by Gasteiger charge is -2.40. The molecule has 0 saturated heterocycles. The standard InChI is InChI=1S/C10H23B/c1-7-8(9(2,3)4)10(5,6)11/h8H,7,11H2,1-6H3. The molecule has 0 amide bonds. The largest absolute Gasteiger partial charge is 0.109 e. The summed E-state index contributed by atoms with van der Waals surface area (Å²) in [6.07, 6.45) is 1.28. The van der Waals surface area contributed by atoms with E-state index in [-0.39, 0.29) is 0 Å². The monoisotopic (exact) mass is 154 g/mol. The Morgan fingerprint density at radius 3 is 1.45 bits per heavy atom. The normalized spacial score (nSPS) is 16.5. The van der Waals surface area contributed by atoms with E-state index in [1.807, 2.05) is 0 Å². The van der Waals surface area contributed by atoms with Crippen LogP contribution in [0.2, 0.25) is 5.31 Å². The minimum atomic E-state index is 0.451. The van der Waals surface area contributed by atoms with Gasteiger partial charge in [-0.1, -0.05) is 53.3 Å². The van der Waals surface area contributed by atoms with E-state index in [2.05, 4.69) is 49.4 Å². The Morgan fingerprint density at radius 2 is 1.45 bits per heavy atom. The van der Waals surface area contributed by atoms with Crippen LogP contribution in [-0.2, 0) is 0 Å². The number of hydrogen-bond acceptors (Lipinski definition) is 0. The second-order valence-corrected chi connectivity index (χ2v) is 5.69. The van der Waals surface area contributed by atoms with Crippen LogP contribution in [0.5, 0.6) is 0 Å². The maximum Gasteiger partial charge on any atom is 0.109 e. The molecular formula is C10H23B. The molecule has 0 nitrogen and oxygen atoms in total. The molecule has 0 aromatic rings. The molecule has 1 heteroatoms. The second kappa shape index (κ2) is 3.20. The molecule has 0 bridgehead atoms. The van der Waals surface area contributed by atoms with Crippen LogP contribution >= 0.6 is 0 Å². The van der Waals surface area contributed by atoms with Crippen LogP contribution in [0.25, 0.3) is 0 Å². The lowest BCUT2D eigenvalue weighted by Crippen LogP contribution is -2.29. The van der Waals surface area contributed by atoms with E-state index in [0.29, 0.717) is 10.7 Å². The zero-order valence-electron chi connectivity index (χ0n) is 9.28. The van der Waals surface area contributed by atoms with Gasteiger partial charge in [0, 0.05) is 0 Å². The van der Waals surface area contributed by atoms with Gasteiger partial charge in [0.2, 0.25) is 0 Å². The van der Waals surface area contributed by atoms with Crippen LogP contribution in [0.1, 0.15) is 48.0 Å². The van der Waals surface area contributed by atoms with E-state index >= 15 is 0 Å². The van der Waals surface area contributed by atoms with Gasteiger partial charge in [0.15, 0.2) is 0 Å². The van der Waals surface area contributed by atoms with Gasteiger partial charge >= 0.3 is 0 Å². The predicted octanol–water partition coefficient (Wildman–Crippen LogP) is 2.89. The molecule has 0 aliphatic heterocycles. The molecular weight excluding hydrogens is 131 g/mol. The van der Waals surface area contributed by atoms with Crippen molar-refractivity contribution >= 4 is 7.85 Å². The molecule has 0 aromatic heterocycles. The van der Waals surface area contributed by atoms with Gasteiger partial charge in [-0.15, -0.1) is 0 Å². The fourth-order valence-electron chi connectivity index (χ4n) is 2.52. The van der Waals surface area contributed by atoms with Gasteiger partial charge in [-0.2, -0.15) is 0 Å². The SMILES string of the molecule is BC(C)(C)C(CC)C(C)(C)C. The third-order valence-corrected chi connectivity index (χ3v) is 2.50. The van der Waals surface area contributed by atoms with Crippen molar-refractivity contribution in [2.75, 3.05) is 0 Å². The van der Waals surface area contributed by atoms with Crippen molar-refractivity contribution in [3.05, 3.63) is 0 Å². The van der Waals surface area contributed by atoms with Gasteiger partial charge in [-0.25, -0.2) is 0 Å². The van der Waals surface area contributed by atoms with Crippen LogP contribution in [-0.4, -0.2) is 7.85 Å². The van der Waals surface area contributed by atoms with Crippen LogP contribution in [0.15, 0.2) is 0 Å². The molecule has 0 saturated carbocycles. The summed E-state index contributed by atoms with van der Waals surface area (Å²) in [4.78, 5) is 0. The van der Waals surface area contributed by atoms with E-state index in [1.165, 1.54) is 6.42 Å². The van der Waals surface area contributed by atoms with Crippen molar-refractivity contribution in [3.63, 3.8) is 0 Å². The average molecular weight is 154 g/mol. The average Bonchev–Trinajstić information content (AvgIpc) is 1.56. The Labute approximate surface area is 73.2 Å². The first-order valence-corrected chi connectivity index (χ1v) is 4.69. The highest BCUT2D eigenvalue weighted by Gasteiger charge is 2.32. The summed E-state index contributed by atoms with van der Waals surface area (Å²) >= 11 is 0. The van der Waals surface area contributed by atoms with Crippen LogP contribution in [0.3, 0.4) is 0 Å². The molecule has 0 N–H and O–H groups in total. The van der Waals surface area contributed by atoms with Gasteiger partial charge in [0.05, 0.1) is 0 Å². The molecule has 11 heavy (non-hydrogen) atoms. The van der Waals surface area contributed by atoms with E-state index in [1.54, 1.807) is 0 Å². The third-order valence-electron chi connectivity index (χ3n) is 2.50. The maximum atomic E-state index is 2.34. The Balaban J connectivity index is 4.43. The third kappa shape index (κ3) is 3.31. The highest BCUT2D eigenvalue weighted by Crippen LogP contribution is 2.44. The highest BCUT2D eigenvalue weighted by molar-refractivity contribution is 6.14. The fraction of sp³-hybridized carbons (Fsp3) is 1.00. The zero-order chi connectivity index (χ0) is 9.28. The quantitative estimate of drug-likeness (QED) is 0.536. The van der Waals surface area contributed by atoms with Crippen molar-refractivity contribution in [2.45, 2.75) is 53.3 Å². The lowest BCUT2D eigenvalue weighted by atomic mass is 9.55. The summed E-state index contributed by atoms with van der Waals surface area (Å²) in [5.41, 5.74) is 0.451. The topological polar surface area (TPSA) is 0 Å². The van der Waals surface area contributed by atoms with E-state index in [0.717, 1.165) is 5.92 Å². The molecule has 0 spiro atoms. The van der Waals surface area contributed by atoms with Gasteiger partial charge in [-0.05, 0) is 11.3 Å². The first-order chi connectivity index (χ1) is 4.69. The van der Waals surface area contributed by atoms with Gasteiger partial charge in [0.1, 0.15) is 7.85 Å². The molecule has 0 aliphatic rings. The Bertz CT molecular complexity index is 99.8. The molecule has 1 atom stereocenters. The summed E-state index contributed by atoms with van der Waals surface area (Å²) in [6, 6.07) is 0. The van der Waals surface area contributed by atoms with E-state index in [9.17, 15) is 0 Å². The van der Waals surface area contributed by atoms with Crippen molar-refractivity contribution in [1.82, 2.24) is 0 Å². The summed E-state index contributed by atoms with van der Waals surface area (Å²) in [5, 5.41) is 0.451. The van der Waals surface area contributed by atoms with Crippen molar-refractivity contribution in [2.24, 2.45) is 11.3 Å². The molecule has 0 heterocycles. The minimum absolute atomic E-state index is 0.451. The summed E-state index contributed by atoms with van der Waals surface area (Å²) in [6.45, 7) is 14.0. The van der Waals surface area contributed by atoms with E-state index < -0.39 is 0 Å². The molecule has 0 aliphatic carbocycles. The van der Waals surface area contributed by atoms with Crippen LogP contribution < -0.4 is 0 Å². The highest BCUT2D eigenvalue weighted by atomic mass is 14.3. The minimum Gasteiger partial charge on any atom is -0.0669 e. The van der Waals surface area contributed by atoms with Gasteiger partial charge < -0.3 is 0 Å². The first-order valence-electron chi connectivity index (χ1n) is 4.69. The lowest BCUT2D eigenvalue weighted by molar-refractivity contribution is 0.183. The Kier molecular flexibility index (Phi) is 3.22. The molecule has 0 fully saturated rings. The summed E-state index contributed by atoms with van der Waals surface area (Å²) in [5.74, 6) is 0.815.